The second-order valence-corrected chi connectivity index (χ2v) is 7.17. The smallest absolute Gasteiger partial charge is 0.277 e. The summed E-state index contributed by atoms with van der Waals surface area (Å²) >= 11 is 9.22. The fraction of sp³-hybridized carbons (Fsp3) is 0.364. The fourth-order valence-electron chi connectivity index (χ4n) is 1.96. The van der Waals surface area contributed by atoms with Gasteiger partial charge in [-0.3, -0.25) is 4.79 Å². The minimum absolute atomic E-state index is 0.173. The molecule has 0 radical (unpaired) electrons. The molecule has 1 aliphatic heterocycles. The van der Waals surface area contributed by atoms with Gasteiger partial charge in [0.1, 0.15) is 0 Å². The maximum atomic E-state index is 12.3. The molecule has 1 aromatic carbocycles. The van der Waals surface area contributed by atoms with Crippen molar-refractivity contribution < 1.29 is 13.2 Å². The predicted octanol–water partition coefficient (Wildman–Crippen LogP) is 1.06. The number of nitrogens with zero attached hydrogens (tertiary/aromatic N) is 2. The van der Waals surface area contributed by atoms with Gasteiger partial charge in [-0.25, -0.2) is 5.14 Å². The van der Waals surface area contributed by atoms with E-state index in [0.717, 1.165) is 8.78 Å². The first-order chi connectivity index (χ1) is 9.29. The maximum Gasteiger partial charge on any atom is 0.277 e. The minimum atomic E-state index is -3.68. The summed E-state index contributed by atoms with van der Waals surface area (Å²) in [7, 11) is -3.68. The topological polar surface area (TPSA) is 83.7 Å². The second-order valence-electron chi connectivity index (χ2n) is 4.37. The van der Waals surface area contributed by atoms with Crippen molar-refractivity contribution in [2.75, 3.05) is 26.2 Å². The van der Waals surface area contributed by atoms with Gasteiger partial charge in [0.05, 0.1) is 5.02 Å². The number of rotatable bonds is 2. The van der Waals surface area contributed by atoms with Crippen molar-refractivity contribution in [1.82, 2.24) is 9.21 Å². The fourth-order valence-corrected chi connectivity index (χ4v) is 3.06. The normalized spacial score (nSPS) is 17.2. The summed E-state index contributed by atoms with van der Waals surface area (Å²) in [6, 6.07) is 4.96. The van der Waals surface area contributed by atoms with Gasteiger partial charge < -0.3 is 4.90 Å². The number of halogens is 2. The van der Waals surface area contributed by atoms with Gasteiger partial charge in [-0.2, -0.15) is 12.7 Å². The van der Waals surface area contributed by atoms with Gasteiger partial charge in [-0.05, 0) is 34.1 Å². The van der Waals surface area contributed by atoms with Crippen molar-refractivity contribution in [3.63, 3.8) is 0 Å². The number of hydrogen-bond donors (Lipinski definition) is 1. The van der Waals surface area contributed by atoms with E-state index >= 15 is 0 Å². The molecular weight excluding hydrogens is 370 g/mol. The Hall–Kier alpha value is -0.670. The first kappa shape index (κ1) is 15.7. The molecule has 2 N–H and O–H groups in total. The third kappa shape index (κ3) is 3.50. The lowest BCUT2D eigenvalue weighted by Crippen LogP contribution is -2.52. The van der Waals surface area contributed by atoms with Crippen LogP contribution in [0.4, 0.5) is 0 Å². The van der Waals surface area contributed by atoms with Crippen molar-refractivity contribution in [2.45, 2.75) is 0 Å². The van der Waals surface area contributed by atoms with Crippen LogP contribution in [0.5, 0.6) is 0 Å². The molecule has 1 saturated heterocycles. The number of benzene rings is 1. The zero-order valence-corrected chi connectivity index (χ0v) is 13.6. The largest absolute Gasteiger partial charge is 0.336 e. The highest BCUT2D eigenvalue weighted by molar-refractivity contribution is 9.10. The van der Waals surface area contributed by atoms with Crippen molar-refractivity contribution in [1.29, 1.82) is 0 Å². The average Bonchev–Trinajstić information content (AvgIpc) is 2.40. The van der Waals surface area contributed by atoms with Gasteiger partial charge in [-0.1, -0.05) is 11.6 Å². The summed E-state index contributed by atoms with van der Waals surface area (Å²) in [5.74, 6) is -0.173. The Morgan fingerprint density at radius 1 is 1.25 bits per heavy atom. The summed E-state index contributed by atoms with van der Waals surface area (Å²) in [6.07, 6.45) is 0. The Kier molecular flexibility index (Phi) is 4.70. The Labute approximate surface area is 130 Å². The predicted molar refractivity (Wildman–Crippen MR) is 79.7 cm³/mol. The molecule has 0 unspecified atom stereocenters. The van der Waals surface area contributed by atoms with Crippen molar-refractivity contribution >= 4 is 43.6 Å². The number of amides is 1. The zero-order valence-electron chi connectivity index (χ0n) is 10.4. The van der Waals surface area contributed by atoms with E-state index in [-0.39, 0.29) is 19.0 Å². The summed E-state index contributed by atoms with van der Waals surface area (Å²) < 4.78 is 24.3. The molecule has 0 bridgehead atoms. The molecule has 0 spiro atoms. The Morgan fingerprint density at radius 2 is 1.85 bits per heavy atom. The van der Waals surface area contributed by atoms with Crippen molar-refractivity contribution in [2.24, 2.45) is 5.14 Å². The Morgan fingerprint density at radius 3 is 2.35 bits per heavy atom. The van der Waals surface area contributed by atoms with Crippen LogP contribution in [-0.4, -0.2) is 49.7 Å². The summed E-state index contributed by atoms with van der Waals surface area (Å²) in [5.41, 5.74) is 0.474. The van der Waals surface area contributed by atoms with Crippen LogP contribution in [-0.2, 0) is 10.2 Å². The molecule has 2 rings (SSSR count). The molecular formula is C11H13BrClN3O3S. The van der Waals surface area contributed by atoms with Gasteiger partial charge in [0, 0.05) is 36.2 Å². The molecule has 110 valence electrons. The van der Waals surface area contributed by atoms with E-state index in [2.05, 4.69) is 15.9 Å². The maximum absolute atomic E-state index is 12.3. The highest BCUT2D eigenvalue weighted by atomic mass is 79.9. The first-order valence-corrected chi connectivity index (χ1v) is 8.48. The summed E-state index contributed by atoms with van der Waals surface area (Å²) in [5, 5.41) is 5.51. The van der Waals surface area contributed by atoms with E-state index in [1.807, 2.05) is 0 Å². The van der Waals surface area contributed by atoms with Gasteiger partial charge in [0.15, 0.2) is 0 Å². The monoisotopic (exact) mass is 381 g/mol. The summed E-state index contributed by atoms with van der Waals surface area (Å²) in [4.78, 5) is 13.9. The third-order valence-electron chi connectivity index (χ3n) is 3.05. The van der Waals surface area contributed by atoms with Crippen LogP contribution in [0.3, 0.4) is 0 Å². The molecule has 6 nitrogen and oxygen atoms in total. The standard InChI is InChI=1S/C11H13BrClN3O3S/c12-9-2-1-8(7-10(9)13)11(17)15-3-5-16(6-4-15)20(14,18)19/h1-2,7H,3-6H2,(H2,14,18,19). The van der Waals surface area contributed by atoms with Crippen LogP contribution in [0.1, 0.15) is 10.4 Å². The van der Waals surface area contributed by atoms with E-state index < -0.39 is 10.2 Å². The molecule has 1 amide bonds. The van der Waals surface area contributed by atoms with Gasteiger partial charge in [-0.15, -0.1) is 0 Å². The Balaban J connectivity index is 2.07. The minimum Gasteiger partial charge on any atom is -0.336 e. The van der Waals surface area contributed by atoms with E-state index in [1.54, 1.807) is 23.1 Å². The van der Waals surface area contributed by atoms with E-state index in [1.165, 1.54) is 0 Å². The number of hydrogen-bond acceptors (Lipinski definition) is 3. The highest BCUT2D eigenvalue weighted by Gasteiger charge is 2.27. The molecule has 0 saturated carbocycles. The molecule has 1 fully saturated rings. The van der Waals surface area contributed by atoms with E-state index in [9.17, 15) is 13.2 Å². The van der Waals surface area contributed by atoms with Gasteiger partial charge >= 0.3 is 0 Å². The molecule has 9 heteroatoms. The number of piperazine rings is 1. The van der Waals surface area contributed by atoms with Crippen LogP contribution in [0.15, 0.2) is 22.7 Å². The van der Waals surface area contributed by atoms with Crippen LogP contribution in [0.25, 0.3) is 0 Å². The van der Waals surface area contributed by atoms with Gasteiger partial charge in [0.25, 0.3) is 16.1 Å². The first-order valence-electron chi connectivity index (χ1n) is 5.81. The van der Waals surface area contributed by atoms with Crippen molar-refractivity contribution in [3.05, 3.63) is 33.3 Å². The molecule has 0 atom stereocenters. The lowest BCUT2D eigenvalue weighted by Gasteiger charge is -2.33. The van der Waals surface area contributed by atoms with Crippen LogP contribution < -0.4 is 5.14 Å². The highest BCUT2D eigenvalue weighted by Crippen LogP contribution is 2.24. The van der Waals surface area contributed by atoms with Crippen LogP contribution >= 0.6 is 27.5 Å². The molecule has 1 aromatic rings. The molecule has 1 aliphatic rings. The molecule has 20 heavy (non-hydrogen) atoms. The molecule has 1 heterocycles. The second kappa shape index (κ2) is 5.98. The van der Waals surface area contributed by atoms with Crippen molar-refractivity contribution in [3.8, 4) is 0 Å². The number of carbonyl (C=O) groups excluding carboxylic acids is 1. The lowest BCUT2D eigenvalue weighted by atomic mass is 10.2. The Bertz CT molecular complexity index is 630. The van der Waals surface area contributed by atoms with Crippen LogP contribution in [0, 0.1) is 0 Å². The number of nitrogens with two attached hydrogens (primary N) is 1. The van der Waals surface area contributed by atoms with E-state index in [4.69, 9.17) is 16.7 Å². The quantitative estimate of drug-likeness (QED) is 0.830. The van der Waals surface area contributed by atoms with Gasteiger partial charge in [0.2, 0.25) is 0 Å². The molecule has 0 aromatic heterocycles. The third-order valence-corrected chi connectivity index (χ3v) is 5.37. The SMILES string of the molecule is NS(=O)(=O)N1CCN(C(=O)c2ccc(Br)c(Cl)c2)CC1. The summed E-state index contributed by atoms with van der Waals surface area (Å²) in [6.45, 7) is 1.02. The number of carbonyl (C=O) groups is 1. The average molecular weight is 383 g/mol. The van der Waals surface area contributed by atoms with Crippen LogP contribution in [0.2, 0.25) is 5.02 Å². The molecule has 0 aliphatic carbocycles. The zero-order chi connectivity index (χ0) is 14.9. The lowest BCUT2D eigenvalue weighted by molar-refractivity contribution is 0.0698. The van der Waals surface area contributed by atoms with E-state index in [0.29, 0.717) is 23.7 Å².